The molecule has 29 heavy (non-hydrogen) atoms. The summed E-state index contributed by atoms with van der Waals surface area (Å²) in [5.74, 6) is 2.19. The fraction of sp³-hybridized carbons (Fsp3) is 0.571. The number of H-pyrrole nitrogens is 1. The maximum Gasteiger partial charge on any atom is 0.290 e. The highest BCUT2D eigenvalue weighted by Crippen LogP contribution is 2.36. The van der Waals surface area contributed by atoms with Gasteiger partial charge in [0.25, 0.3) is 12.4 Å². The van der Waals surface area contributed by atoms with E-state index in [4.69, 9.17) is 14.6 Å². The van der Waals surface area contributed by atoms with Gasteiger partial charge >= 0.3 is 0 Å². The molecule has 2 aromatic rings. The number of amides is 1. The Morgan fingerprint density at radius 1 is 1.34 bits per heavy atom. The summed E-state index contributed by atoms with van der Waals surface area (Å²) in [4.78, 5) is 26.5. The third-order valence-corrected chi connectivity index (χ3v) is 6.41. The molecule has 3 saturated heterocycles. The van der Waals surface area contributed by atoms with Gasteiger partial charge < -0.3 is 19.6 Å². The Labute approximate surface area is 169 Å². The minimum Gasteiger partial charge on any atom is -0.497 e. The summed E-state index contributed by atoms with van der Waals surface area (Å²) in [7, 11) is 1.65. The van der Waals surface area contributed by atoms with E-state index >= 15 is 0 Å². The number of ether oxygens (including phenoxy) is 1. The van der Waals surface area contributed by atoms with Gasteiger partial charge in [0.05, 0.1) is 12.6 Å². The molecule has 1 aliphatic carbocycles. The lowest BCUT2D eigenvalue weighted by Crippen LogP contribution is -2.59. The van der Waals surface area contributed by atoms with Crippen LogP contribution in [0.2, 0.25) is 0 Å². The molecule has 1 amide bonds. The van der Waals surface area contributed by atoms with Crippen LogP contribution in [0.4, 0.5) is 0 Å². The highest BCUT2D eigenvalue weighted by Gasteiger charge is 2.42. The first-order valence-electron chi connectivity index (χ1n) is 10.3. The number of hydrogen-bond donors (Lipinski definition) is 2. The minimum absolute atomic E-state index is 0.0899. The number of fused-ring (bicyclic) bond motifs is 4. The van der Waals surface area contributed by atoms with Crippen molar-refractivity contribution in [2.24, 2.45) is 11.8 Å². The Kier molecular flexibility index (Phi) is 5.71. The van der Waals surface area contributed by atoms with Crippen molar-refractivity contribution in [2.45, 2.75) is 31.7 Å². The molecule has 8 nitrogen and oxygen atoms in total. The second kappa shape index (κ2) is 8.41. The van der Waals surface area contributed by atoms with Crippen molar-refractivity contribution in [3.63, 3.8) is 0 Å². The molecule has 3 aliphatic heterocycles. The van der Waals surface area contributed by atoms with Crippen molar-refractivity contribution in [1.29, 1.82) is 0 Å². The number of benzene rings is 1. The SMILES string of the molecule is COc1ccc2c(C(=O)N(CC3CC3)[C@@H]3CN4CCC3CC4)n[nH]c2c1.O=CO. The van der Waals surface area contributed by atoms with Crippen LogP contribution >= 0.6 is 0 Å². The van der Waals surface area contributed by atoms with Crippen molar-refractivity contribution in [2.75, 3.05) is 33.3 Å². The van der Waals surface area contributed by atoms with Gasteiger partial charge in [0.1, 0.15) is 5.75 Å². The molecule has 4 fully saturated rings. The number of rotatable bonds is 5. The first-order valence-corrected chi connectivity index (χ1v) is 10.3. The summed E-state index contributed by atoms with van der Waals surface area (Å²) < 4.78 is 5.28. The molecule has 0 spiro atoms. The maximum atomic E-state index is 13.5. The molecule has 1 saturated carbocycles. The predicted octanol–water partition coefficient (Wildman–Crippen LogP) is 2.22. The van der Waals surface area contributed by atoms with Crippen LogP contribution in [0.5, 0.6) is 5.75 Å². The number of aromatic amines is 1. The van der Waals surface area contributed by atoms with Gasteiger partial charge in [-0.2, -0.15) is 5.10 Å². The smallest absolute Gasteiger partial charge is 0.290 e. The zero-order chi connectivity index (χ0) is 20.4. The third-order valence-electron chi connectivity index (χ3n) is 6.41. The summed E-state index contributed by atoms with van der Waals surface area (Å²) in [6.07, 6.45) is 4.95. The molecular weight excluding hydrogens is 372 g/mol. The van der Waals surface area contributed by atoms with Crippen molar-refractivity contribution < 1.29 is 19.4 Å². The number of methoxy groups -OCH3 is 1. The molecule has 1 aromatic heterocycles. The lowest BCUT2D eigenvalue weighted by atomic mass is 9.83. The molecule has 6 rings (SSSR count). The van der Waals surface area contributed by atoms with E-state index in [1.165, 1.54) is 38.8 Å². The summed E-state index contributed by atoms with van der Waals surface area (Å²) >= 11 is 0. The van der Waals surface area contributed by atoms with Gasteiger partial charge in [-0.25, -0.2) is 0 Å². The van der Waals surface area contributed by atoms with Crippen LogP contribution in [0.1, 0.15) is 36.2 Å². The van der Waals surface area contributed by atoms with E-state index < -0.39 is 0 Å². The molecule has 8 heteroatoms. The van der Waals surface area contributed by atoms with E-state index in [0.29, 0.717) is 23.6 Å². The summed E-state index contributed by atoms with van der Waals surface area (Å²) in [6.45, 7) is 4.05. The minimum atomic E-state index is -0.250. The monoisotopic (exact) mass is 400 g/mol. The lowest BCUT2D eigenvalue weighted by Gasteiger charge is -2.49. The van der Waals surface area contributed by atoms with Crippen LogP contribution in [0.25, 0.3) is 10.9 Å². The van der Waals surface area contributed by atoms with Crippen LogP contribution in [-0.4, -0.2) is 76.8 Å². The first-order chi connectivity index (χ1) is 14.1. The van der Waals surface area contributed by atoms with Crippen molar-refractivity contribution in [1.82, 2.24) is 20.0 Å². The summed E-state index contributed by atoms with van der Waals surface area (Å²) in [6, 6.07) is 6.08. The number of carbonyl (C=O) groups excluding carboxylic acids is 1. The zero-order valence-corrected chi connectivity index (χ0v) is 16.7. The molecule has 1 atom stereocenters. The second-order valence-corrected chi connectivity index (χ2v) is 8.20. The number of aromatic nitrogens is 2. The Bertz CT molecular complexity index is 871. The van der Waals surface area contributed by atoms with Crippen LogP contribution in [0.15, 0.2) is 18.2 Å². The van der Waals surface area contributed by atoms with Crippen molar-refractivity contribution >= 4 is 23.3 Å². The van der Waals surface area contributed by atoms with E-state index in [-0.39, 0.29) is 12.4 Å². The van der Waals surface area contributed by atoms with Crippen LogP contribution in [-0.2, 0) is 4.79 Å². The van der Waals surface area contributed by atoms with Gasteiger partial charge in [-0.1, -0.05) is 0 Å². The highest BCUT2D eigenvalue weighted by atomic mass is 16.5. The Hall–Kier alpha value is -2.61. The number of piperidine rings is 3. The van der Waals surface area contributed by atoms with E-state index in [1.54, 1.807) is 7.11 Å². The molecular formula is C21H28N4O4. The van der Waals surface area contributed by atoms with Gasteiger partial charge in [-0.15, -0.1) is 0 Å². The zero-order valence-electron chi connectivity index (χ0n) is 16.7. The third kappa shape index (κ3) is 4.07. The van der Waals surface area contributed by atoms with E-state index in [1.807, 2.05) is 18.2 Å². The first kappa shape index (κ1) is 19.7. The molecule has 4 aliphatic rings. The predicted molar refractivity (Wildman–Crippen MR) is 108 cm³/mol. The topological polar surface area (TPSA) is 98.8 Å². The fourth-order valence-corrected chi connectivity index (χ4v) is 4.66. The summed E-state index contributed by atoms with van der Waals surface area (Å²) in [5, 5.41) is 15.2. The lowest BCUT2D eigenvalue weighted by molar-refractivity contribution is -0.122. The van der Waals surface area contributed by atoms with Crippen molar-refractivity contribution in [3.05, 3.63) is 23.9 Å². The van der Waals surface area contributed by atoms with Gasteiger partial charge in [-0.05, 0) is 62.7 Å². The van der Waals surface area contributed by atoms with Crippen LogP contribution < -0.4 is 4.74 Å². The molecule has 0 unspecified atom stereocenters. The molecule has 4 heterocycles. The number of carboxylic acid groups (broad SMARTS) is 1. The molecule has 0 radical (unpaired) electrons. The number of nitrogens with zero attached hydrogens (tertiary/aromatic N) is 3. The number of nitrogens with one attached hydrogen (secondary N) is 1. The highest BCUT2D eigenvalue weighted by molar-refractivity contribution is 6.05. The van der Waals surface area contributed by atoms with Crippen LogP contribution in [0.3, 0.4) is 0 Å². The van der Waals surface area contributed by atoms with Gasteiger partial charge in [-0.3, -0.25) is 14.7 Å². The fourth-order valence-electron chi connectivity index (χ4n) is 4.66. The van der Waals surface area contributed by atoms with E-state index in [9.17, 15) is 4.79 Å². The van der Waals surface area contributed by atoms with Gasteiger partial charge in [0, 0.05) is 30.6 Å². The van der Waals surface area contributed by atoms with Gasteiger partial charge in [0.2, 0.25) is 0 Å². The Balaban J connectivity index is 0.000000645. The largest absolute Gasteiger partial charge is 0.497 e. The second-order valence-electron chi connectivity index (χ2n) is 8.20. The molecule has 156 valence electrons. The van der Waals surface area contributed by atoms with Crippen molar-refractivity contribution in [3.8, 4) is 5.75 Å². The van der Waals surface area contributed by atoms with Gasteiger partial charge in [0.15, 0.2) is 5.69 Å². The average Bonchev–Trinajstić information content (AvgIpc) is 3.49. The quantitative estimate of drug-likeness (QED) is 0.747. The standard InChI is InChI=1S/C20H26N4O2.CH2O2/c1-26-15-4-5-16-17(10-15)21-22-19(16)20(25)24(11-13-2-3-13)18-12-23-8-6-14(18)7-9-23;2-1-3/h4-5,10,13-14,18H,2-3,6-9,11-12H2,1H3,(H,21,22);1H,(H,2,3)/t18-;/m1./s1. The molecule has 1 aromatic carbocycles. The van der Waals surface area contributed by atoms with E-state index in [2.05, 4.69) is 20.0 Å². The maximum absolute atomic E-state index is 13.5. The molecule has 2 N–H and O–H groups in total. The van der Waals surface area contributed by atoms with E-state index in [0.717, 1.165) is 29.7 Å². The normalized spacial score (nSPS) is 25.2. The Morgan fingerprint density at radius 2 is 2.07 bits per heavy atom. The Morgan fingerprint density at radius 3 is 2.66 bits per heavy atom. The van der Waals surface area contributed by atoms with Crippen LogP contribution in [0, 0.1) is 11.8 Å². The number of hydrogen-bond acceptors (Lipinski definition) is 5. The number of carbonyl (C=O) groups is 2. The average molecular weight is 400 g/mol. The molecule has 2 bridgehead atoms. The summed E-state index contributed by atoms with van der Waals surface area (Å²) in [5.41, 5.74) is 1.41.